The predicted octanol–water partition coefficient (Wildman–Crippen LogP) is 1.84. The summed E-state index contributed by atoms with van der Waals surface area (Å²) in [6, 6.07) is 11.5. The van der Waals surface area contributed by atoms with Crippen LogP contribution in [-0.2, 0) is 11.2 Å². The number of rotatable bonds is 4. The molecular formula is C19H22N2O3. The molecule has 1 fully saturated rings. The highest BCUT2D eigenvalue weighted by atomic mass is 16.5. The summed E-state index contributed by atoms with van der Waals surface area (Å²) in [6.45, 7) is 3.24. The van der Waals surface area contributed by atoms with Gasteiger partial charge in [0.25, 0.3) is 5.91 Å². The molecule has 3 rings (SSSR count). The molecule has 2 aromatic rings. The van der Waals surface area contributed by atoms with Gasteiger partial charge in [-0.25, -0.2) is 0 Å². The fraction of sp³-hybridized carbons (Fsp3) is 0.368. The molecule has 0 radical (unpaired) electrons. The lowest BCUT2D eigenvalue weighted by Crippen LogP contribution is -2.56. The Balaban J connectivity index is 1.79. The highest BCUT2D eigenvalue weighted by molar-refractivity contribution is 5.94. The van der Waals surface area contributed by atoms with Gasteiger partial charge in [-0.2, -0.15) is 0 Å². The van der Waals surface area contributed by atoms with Crippen molar-refractivity contribution in [2.24, 2.45) is 0 Å². The van der Waals surface area contributed by atoms with Crippen LogP contribution in [0.1, 0.15) is 21.5 Å². The number of aromatic nitrogens is 1. The number of ether oxygens (including phenoxy) is 1. The molecule has 5 heteroatoms. The van der Waals surface area contributed by atoms with E-state index in [1.165, 1.54) is 0 Å². The summed E-state index contributed by atoms with van der Waals surface area (Å²) in [4.78, 5) is 18.4. The Bertz CT molecular complexity index is 705. The van der Waals surface area contributed by atoms with Crippen LogP contribution >= 0.6 is 0 Å². The maximum Gasteiger partial charge on any atom is 0.254 e. The molecule has 1 saturated heterocycles. The Labute approximate surface area is 141 Å². The lowest BCUT2D eigenvalue weighted by molar-refractivity contribution is -0.123. The number of hydrogen-bond acceptors (Lipinski definition) is 4. The molecule has 1 N–H and O–H groups in total. The minimum Gasteiger partial charge on any atom is -0.393 e. The molecular weight excluding hydrogens is 304 g/mol. The number of amides is 1. The molecule has 0 spiro atoms. The van der Waals surface area contributed by atoms with Crippen LogP contribution in [0.25, 0.3) is 0 Å². The van der Waals surface area contributed by atoms with Crippen molar-refractivity contribution >= 4 is 5.91 Å². The zero-order valence-electron chi connectivity index (χ0n) is 13.8. The molecule has 126 valence electrons. The summed E-state index contributed by atoms with van der Waals surface area (Å²) in [6.07, 6.45) is 3.80. The Morgan fingerprint density at radius 1 is 1.29 bits per heavy atom. The second kappa shape index (κ2) is 7.11. The number of pyridine rings is 1. The number of benzene rings is 1. The summed E-state index contributed by atoms with van der Waals surface area (Å²) in [7, 11) is 0. The average Bonchev–Trinajstić information content (AvgIpc) is 2.64. The molecule has 1 unspecified atom stereocenters. The first kappa shape index (κ1) is 16.6. The molecule has 1 atom stereocenters. The van der Waals surface area contributed by atoms with Gasteiger partial charge in [-0.3, -0.25) is 9.78 Å². The van der Waals surface area contributed by atoms with E-state index in [0.717, 1.165) is 11.1 Å². The van der Waals surface area contributed by atoms with Gasteiger partial charge in [-0.05, 0) is 30.2 Å². The second-order valence-electron chi connectivity index (χ2n) is 6.26. The largest absolute Gasteiger partial charge is 0.393 e. The smallest absolute Gasteiger partial charge is 0.254 e. The third kappa shape index (κ3) is 3.47. The second-order valence-corrected chi connectivity index (χ2v) is 6.26. The van der Waals surface area contributed by atoms with Crippen LogP contribution < -0.4 is 0 Å². The van der Waals surface area contributed by atoms with Gasteiger partial charge in [0, 0.05) is 30.9 Å². The summed E-state index contributed by atoms with van der Waals surface area (Å²) in [5.41, 5.74) is 2.14. The number of morpholine rings is 1. The highest BCUT2D eigenvalue weighted by Crippen LogP contribution is 2.25. The number of hydrogen-bond donors (Lipinski definition) is 1. The van der Waals surface area contributed by atoms with Gasteiger partial charge < -0.3 is 14.7 Å². The molecule has 24 heavy (non-hydrogen) atoms. The van der Waals surface area contributed by atoms with Crippen molar-refractivity contribution < 1.29 is 14.6 Å². The number of aryl methyl sites for hydroxylation is 1. The molecule has 0 bridgehead atoms. The first-order valence-corrected chi connectivity index (χ1v) is 8.12. The highest BCUT2D eigenvalue weighted by Gasteiger charge is 2.38. The minimum atomic E-state index is -0.757. The molecule has 1 aliphatic rings. The molecule has 1 aliphatic heterocycles. The van der Waals surface area contributed by atoms with Crippen molar-refractivity contribution in [3.05, 3.63) is 65.5 Å². The van der Waals surface area contributed by atoms with E-state index in [1.54, 1.807) is 29.4 Å². The summed E-state index contributed by atoms with van der Waals surface area (Å²) in [5, 5.41) is 9.99. The van der Waals surface area contributed by atoms with Crippen molar-refractivity contribution in [2.45, 2.75) is 18.9 Å². The topological polar surface area (TPSA) is 62.7 Å². The molecule has 1 amide bonds. The van der Waals surface area contributed by atoms with E-state index < -0.39 is 5.60 Å². The lowest BCUT2D eigenvalue weighted by atomic mass is 9.90. The monoisotopic (exact) mass is 326 g/mol. The molecule has 2 heterocycles. The fourth-order valence-electron chi connectivity index (χ4n) is 3.11. The van der Waals surface area contributed by atoms with Crippen LogP contribution in [-0.4, -0.2) is 52.8 Å². The van der Waals surface area contributed by atoms with E-state index in [9.17, 15) is 9.90 Å². The third-order valence-corrected chi connectivity index (χ3v) is 4.52. The SMILES string of the molecule is Cc1ccccc1CC1(CO)CN(C(=O)c2ccncc2)CCO1. The van der Waals surface area contributed by atoms with E-state index in [-0.39, 0.29) is 12.5 Å². The van der Waals surface area contributed by atoms with Gasteiger partial charge in [0.05, 0.1) is 19.8 Å². The maximum absolute atomic E-state index is 12.7. The van der Waals surface area contributed by atoms with Crippen LogP contribution in [0, 0.1) is 6.92 Å². The van der Waals surface area contributed by atoms with Crippen LogP contribution in [0.3, 0.4) is 0 Å². The van der Waals surface area contributed by atoms with Crippen molar-refractivity contribution in [3.63, 3.8) is 0 Å². The molecule has 1 aromatic heterocycles. The summed E-state index contributed by atoms with van der Waals surface area (Å²) in [5.74, 6) is -0.0525. The molecule has 0 saturated carbocycles. The van der Waals surface area contributed by atoms with Crippen LogP contribution in [0.15, 0.2) is 48.8 Å². The van der Waals surface area contributed by atoms with Gasteiger partial charge >= 0.3 is 0 Å². The van der Waals surface area contributed by atoms with Gasteiger partial charge in [0.15, 0.2) is 0 Å². The van der Waals surface area contributed by atoms with Gasteiger partial charge in [-0.1, -0.05) is 24.3 Å². The van der Waals surface area contributed by atoms with Crippen molar-refractivity contribution in [3.8, 4) is 0 Å². The Hall–Kier alpha value is -2.24. The lowest BCUT2D eigenvalue weighted by Gasteiger charge is -2.42. The Morgan fingerprint density at radius 3 is 2.75 bits per heavy atom. The normalized spacial score (nSPS) is 20.8. The molecule has 0 aliphatic carbocycles. The third-order valence-electron chi connectivity index (χ3n) is 4.52. The number of nitrogens with zero attached hydrogens (tertiary/aromatic N) is 2. The standard InChI is InChI=1S/C19H22N2O3/c1-15-4-2-3-5-17(15)12-19(14-22)13-21(10-11-24-19)18(23)16-6-8-20-9-7-16/h2-9,22H,10-14H2,1H3. The average molecular weight is 326 g/mol. The van der Waals surface area contributed by atoms with Gasteiger partial charge in [0.1, 0.15) is 5.60 Å². The first-order chi connectivity index (χ1) is 11.6. The van der Waals surface area contributed by atoms with Crippen molar-refractivity contribution in [1.29, 1.82) is 0 Å². The minimum absolute atomic E-state index is 0.0525. The van der Waals surface area contributed by atoms with Crippen LogP contribution in [0.4, 0.5) is 0 Å². The number of aliphatic hydroxyl groups excluding tert-OH is 1. The van der Waals surface area contributed by atoms with Gasteiger partial charge in [-0.15, -0.1) is 0 Å². The van der Waals surface area contributed by atoms with E-state index in [4.69, 9.17) is 4.74 Å². The zero-order valence-corrected chi connectivity index (χ0v) is 13.8. The summed E-state index contributed by atoms with van der Waals surface area (Å²) < 4.78 is 5.93. The van der Waals surface area contributed by atoms with Crippen molar-refractivity contribution in [2.75, 3.05) is 26.3 Å². The van der Waals surface area contributed by atoms with Crippen molar-refractivity contribution in [1.82, 2.24) is 9.88 Å². The van der Waals surface area contributed by atoms with Crippen LogP contribution in [0.2, 0.25) is 0 Å². The molecule has 5 nitrogen and oxygen atoms in total. The van der Waals surface area contributed by atoms with E-state index >= 15 is 0 Å². The Kier molecular flexibility index (Phi) is 4.92. The predicted molar refractivity (Wildman–Crippen MR) is 90.8 cm³/mol. The molecule has 1 aromatic carbocycles. The summed E-state index contributed by atoms with van der Waals surface area (Å²) >= 11 is 0. The van der Waals surface area contributed by atoms with Gasteiger partial charge in [0.2, 0.25) is 0 Å². The van der Waals surface area contributed by atoms with Crippen LogP contribution in [0.5, 0.6) is 0 Å². The number of aliphatic hydroxyl groups is 1. The van der Waals surface area contributed by atoms with E-state index in [1.807, 2.05) is 31.2 Å². The number of carbonyl (C=O) groups is 1. The van der Waals surface area contributed by atoms with E-state index in [2.05, 4.69) is 4.98 Å². The first-order valence-electron chi connectivity index (χ1n) is 8.12. The quantitative estimate of drug-likeness (QED) is 0.931. The Morgan fingerprint density at radius 2 is 2.04 bits per heavy atom. The maximum atomic E-state index is 12.7. The van der Waals surface area contributed by atoms with E-state index in [0.29, 0.717) is 31.7 Å². The zero-order chi connectivity index (χ0) is 17.0. The number of carbonyl (C=O) groups excluding carboxylic acids is 1. The fourth-order valence-corrected chi connectivity index (χ4v) is 3.11.